The van der Waals surface area contributed by atoms with Gasteiger partial charge in [-0.2, -0.15) is 0 Å². The first kappa shape index (κ1) is 21.2. The molecule has 28 heavy (non-hydrogen) atoms. The molecule has 2 amide bonds. The van der Waals surface area contributed by atoms with Gasteiger partial charge in [0, 0.05) is 27.9 Å². The zero-order valence-corrected chi connectivity index (χ0v) is 16.7. The lowest BCUT2D eigenvalue weighted by Crippen LogP contribution is -2.22. The van der Waals surface area contributed by atoms with Crippen molar-refractivity contribution in [3.05, 3.63) is 65.7 Å². The maximum absolute atomic E-state index is 12.4. The summed E-state index contributed by atoms with van der Waals surface area (Å²) in [4.78, 5) is 35.7. The van der Waals surface area contributed by atoms with Gasteiger partial charge in [-0.25, -0.2) is 4.79 Å². The zero-order chi connectivity index (χ0) is 20.7. The van der Waals surface area contributed by atoms with Crippen LogP contribution in [0.25, 0.3) is 0 Å². The first-order valence-electron chi connectivity index (χ1n) is 8.61. The molecule has 0 radical (unpaired) electrons. The fraction of sp³-hybridized carbons (Fsp3) is 0.190. The molecular weight excluding hydrogens is 376 g/mol. The minimum absolute atomic E-state index is 0.0434. The summed E-state index contributed by atoms with van der Waals surface area (Å²) < 4.78 is 0. The summed E-state index contributed by atoms with van der Waals surface area (Å²) in [6.07, 6.45) is 1.03. The molecule has 0 unspecified atom stereocenters. The number of carboxylic acids is 1. The molecule has 1 atom stereocenters. The Hall–Kier alpha value is -3.06. The summed E-state index contributed by atoms with van der Waals surface area (Å²) >= 11 is 1.40. The molecule has 0 bridgehead atoms. The molecule has 0 saturated carbocycles. The van der Waals surface area contributed by atoms with Crippen LogP contribution in [0.5, 0.6) is 0 Å². The number of rotatable bonds is 7. The van der Waals surface area contributed by atoms with E-state index in [0.717, 1.165) is 22.2 Å². The molecule has 0 heterocycles. The molecule has 0 spiro atoms. The van der Waals surface area contributed by atoms with E-state index < -0.39 is 11.9 Å². The first-order chi connectivity index (χ1) is 13.2. The minimum atomic E-state index is -1.14. The SMILES string of the molecule is C/C(=C\C(=O)Nc1ccc(S[C@@H](C)C(=O)Nc2cccc(C)c2)cc1)C(=O)O. The van der Waals surface area contributed by atoms with Crippen LogP contribution in [-0.4, -0.2) is 28.1 Å². The molecule has 3 N–H and O–H groups in total. The molecule has 0 aliphatic heterocycles. The fourth-order valence-corrected chi connectivity index (χ4v) is 3.15. The predicted molar refractivity (Wildman–Crippen MR) is 112 cm³/mol. The lowest BCUT2D eigenvalue weighted by molar-refractivity contribution is -0.132. The normalized spacial score (nSPS) is 12.2. The third kappa shape index (κ3) is 6.59. The standard InChI is InChI=1S/C21H22N2O4S/c1-13-5-4-6-17(11-13)23-20(25)15(3)28-18-9-7-16(8-10-18)22-19(24)12-14(2)21(26)27/h4-12,15H,1-3H3,(H,22,24)(H,23,25)(H,26,27)/b14-12+/t15-/m0/s1. The van der Waals surface area contributed by atoms with Crippen LogP contribution < -0.4 is 10.6 Å². The number of carbonyl (C=O) groups is 3. The van der Waals surface area contributed by atoms with Crippen molar-refractivity contribution in [3.63, 3.8) is 0 Å². The number of benzene rings is 2. The summed E-state index contributed by atoms with van der Waals surface area (Å²) in [6.45, 7) is 5.14. The molecular formula is C21H22N2O4S. The number of anilines is 2. The molecule has 0 fully saturated rings. The Kier molecular flexibility index (Phi) is 7.40. The van der Waals surface area contributed by atoms with Gasteiger partial charge in [0.2, 0.25) is 11.8 Å². The Balaban J connectivity index is 1.92. The van der Waals surface area contributed by atoms with E-state index in [1.54, 1.807) is 24.3 Å². The number of carboxylic acid groups (broad SMARTS) is 1. The van der Waals surface area contributed by atoms with E-state index in [0.29, 0.717) is 5.69 Å². The highest BCUT2D eigenvalue weighted by Gasteiger charge is 2.15. The maximum atomic E-state index is 12.4. The molecule has 0 aliphatic carbocycles. The average molecular weight is 398 g/mol. The predicted octanol–water partition coefficient (Wildman–Crippen LogP) is 4.08. The minimum Gasteiger partial charge on any atom is -0.478 e. The van der Waals surface area contributed by atoms with Gasteiger partial charge in [-0.15, -0.1) is 11.8 Å². The summed E-state index contributed by atoms with van der Waals surface area (Å²) in [5.41, 5.74) is 2.34. The Morgan fingerprint density at radius 3 is 2.32 bits per heavy atom. The third-order valence-corrected chi connectivity index (χ3v) is 4.89. The van der Waals surface area contributed by atoms with Gasteiger partial charge in [0.25, 0.3) is 0 Å². The van der Waals surface area contributed by atoms with Crippen LogP contribution in [0.15, 0.2) is 65.1 Å². The van der Waals surface area contributed by atoms with Crippen molar-refractivity contribution >= 4 is 40.9 Å². The topological polar surface area (TPSA) is 95.5 Å². The van der Waals surface area contributed by atoms with E-state index in [1.165, 1.54) is 18.7 Å². The maximum Gasteiger partial charge on any atom is 0.331 e. The van der Waals surface area contributed by atoms with Crippen LogP contribution in [0.2, 0.25) is 0 Å². The number of carbonyl (C=O) groups excluding carboxylic acids is 2. The second-order valence-corrected chi connectivity index (χ2v) is 7.68. The number of aryl methyl sites for hydroxylation is 1. The molecule has 0 saturated heterocycles. The second kappa shape index (κ2) is 9.75. The van der Waals surface area contributed by atoms with Crippen molar-refractivity contribution in [3.8, 4) is 0 Å². The van der Waals surface area contributed by atoms with Gasteiger partial charge in [0.15, 0.2) is 0 Å². The van der Waals surface area contributed by atoms with Crippen LogP contribution in [-0.2, 0) is 14.4 Å². The van der Waals surface area contributed by atoms with Gasteiger partial charge in [-0.1, -0.05) is 12.1 Å². The number of amides is 2. The quantitative estimate of drug-likeness (QED) is 0.482. The first-order valence-corrected chi connectivity index (χ1v) is 9.49. The summed E-state index contributed by atoms with van der Waals surface area (Å²) in [5, 5.41) is 14.0. The molecule has 0 aliphatic rings. The number of hydrogen-bond donors (Lipinski definition) is 3. The number of aliphatic carboxylic acids is 1. The van der Waals surface area contributed by atoms with Gasteiger partial charge in [-0.3, -0.25) is 9.59 Å². The van der Waals surface area contributed by atoms with Crippen LogP contribution in [0.3, 0.4) is 0 Å². The molecule has 146 valence electrons. The van der Waals surface area contributed by atoms with Crippen LogP contribution >= 0.6 is 11.8 Å². The van der Waals surface area contributed by atoms with Crippen molar-refractivity contribution in [1.82, 2.24) is 0 Å². The van der Waals surface area contributed by atoms with Crippen molar-refractivity contribution < 1.29 is 19.5 Å². The van der Waals surface area contributed by atoms with Crippen molar-refractivity contribution in [1.29, 1.82) is 0 Å². The zero-order valence-electron chi connectivity index (χ0n) is 15.9. The summed E-state index contributed by atoms with van der Waals surface area (Å²) in [6, 6.07) is 14.6. The van der Waals surface area contributed by atoms with Crippen molar-refractivity contribution in [2.75, 3.05) is 10.6 Å². The van der Waals surface area contributed by atoms with Gasteiger partial charge in [-0.05, 0) is 62.7 Å². The van der Waals surface area contributed by atoms with E-state index >= 15 is 0 Å². The lowest BCUT2D eigenvalue weighted by atomic mass is 10.2. The molecule has 0 aromatic heterocycles. The highest BCUT2D eigenvalue weighted by Crippen LogP contribution is 2.25. The largest absolute Gasteiger partial charge is 0.478 e. The van der Waals surface area contributed by atoms with E-state index in [2.05, 4.69) is 10.6 Å². The Morgan fingerprint density at radius 2 is 1.71 bits per heavy atom. The smallest absolute Gasteiger partial charge is 0.331 e. The van der Waals surface area contributed by atoms with E-state index in [-0.39, 0.29) is 16.7 Å². The van der Waals surface area contributed by atoms with Gasteiger partial charge in [0.1, 0.15) is 0 Å². The molecule has 2 aromatic carbocycles. The van der Waals surface area contributed by atoms with Crippen molar-refractivity contribution in [2.24, 2.45) is 0 Å². The highest BCUT2D eigenvalue weighted by molar-refractivity contribution is 8.00. The molecule has 2 aromatic rings. The fourth-order valence-electron chi connectivity index (χ4n) is 2.28. The Labute approximate surface area is 168 Å². The monoisotopic (exact) mass is 398 g/mol. The van der Waals surface area contributed by atoms with Crippen molar-refractivity contribution in [2.45, 2.75) is 30.9 Å². The molecule has 2 rings (SSSR count). The van der Waals surface area contributed by atoms with Crippen LogP contribution in [0, 0.1) is 6.92 Å². The van der Waals surface area contributed by atoms with Crippen LogP contribution in [0.1, 0.15) is 19.4 Å². The lowest BCUT2D eigenvalue weighted by Gasteiger charge is -2.13. The van der Waals surface area contributed by atoms with Gasteiger partial charge >= 0.3 is 5.97 Å². The van der Waals surface area contributed by atoms with E-state index in [1.807, 2.05) is 38.1 Å². The summed E-state index contributed by atoms with van der Waals surface area (Å²) in [7, 11) is 0. The number of nitrogens with one attached hydrogen (secondary N) is 2. The van der Waals surface area contributed by atoms with Gasteiger partial charge < -0.3 is 15.7 Å². The molecule has 6 nitrogen and oxygen atoms in total. The van der Waals surface area contributed by atoms with Gasteiger partial charge in [0.05, 0.1) is 5.25 Å². The molecule has 7 heteroatoms. The highest BCUT2D eigenvalue weighted by atomic mass is 32.2. The average Bonchev–Trinajstić information content (AvgIpc) is 2.63. The summed E-state index contributed by atoms with van der Waals surface area (Å²) in [5.74, 6) is -1.74. The van der Waals surface area contributed by atoms with E-state index in [9.17, 15) is 14.4 Å². The number of hydrogen-bond acceptors (Lipinski definition) is 4. The second-order valence-electron chi connectivity index (χ2n) is 6.26. The Morgan fingerprint density at radius 1 is 1.04 bits per heavy atom. The number of thioether (sulfide) groups is 1. The Bertz CT molecular complexity index is 907. The van der Waals surface area contributed by atoms with Crippen LogP contribution in [0.4, 0.5) is 11.4 Å². The third-order valence-electron chi connectivity index (χ3n) is 3.77. The van der Waals surface area contributed by atoms with E-state index in [4.69, 9.17) is 5.11 Å².